The zero-order chi connectivity index (χ0) is 15.6. The van der Waals surface area contributed by atoms with E-state index in [-0.39, 0.29) is 41.5 Å². The van der Waals surface area contributed by atoms with Crippen LogP contribution in [0.1, 0.15) is 23.2 Å². The minimum atomic E-state index is -1.18. The predicted molar refractivity (Wildman–Crippen MR) is 73.1 cm³/mol. The smallest absolute Gasteiger partial charge is 0.335 e. The Kier molecular flexibility index (Phi) is 3.88. The fourth-order valence-corrected chi connectivity index (χ4v) is 1.80. The number of aromatic hydroxyl groups is 1. The molecule has 0 unspecified atom stereocenters. The molecule has 0 radical (unpaired) electrons. The van der Waals surface area contributed by atoms with Crippen molar-refractivity contribution in [2.24, 2.45) is 5.10 Å². The van der Waals surface area contributed by atoms with Crippen LogP contribution in [0.3, 0.4) is 0 Å². The lowest BCUT2D eigenvalue weighted by Crippen LogP contribution is -2.34. The van der Waals surface area contributed by atoms with Gasteiger partial charge in [-0.1, -0.05) is 0 Å². The lowest BCUT2D eigenvalue weighted by Gasteiger charge is -2.19. The number of carboxylic acids is 1. The van der Waals surface area contributed by atoms with Gasteiger partial charge in [-0.15, -0.1) is 0 Å². The van der Waals surface area contributed by atoms with Crippen LogP contribution in [-0.4, -0.2) is 45.8 Å². The lowest BCUT2D eigenvalue weighted by atomic mass is 10.1. The van der Waals surface area contributed by atoms with Gasteiger partial charge in [-0.25, -0.2) is 9.80 Å². The molecule has 0 bridgehead atoms. The molecule has 0 saturated heterocycles. The Morgan fingerprint density at radius 3 is 2.62 bits per heavy atom. The normalized spacial score (nSPS) is 14.6. The van der Waals surface area contributed by atoms with E-state index in [1.807, 2.05) is 0 Å². The number of carbonyl (C=O) groups excluding carboxylic acids is 2. The molecular weight excluding hydrogens is 278 g/mol. The largest absolute Gasteiger partial charge is 0.506 e. The standard InChI is InChI=1S/C13H13N3O5/c1-16-11(18)5-4-9(15-16)12(19)14-8-3-2-7(13(20)21)6-10(8)17/h2-3,6,17H,4-5H2,1H3,(H,14,19)(H,20,21). The highest BCUT2D eigenvalue weighted by molar-refractivity contribution is 6.43. The molecular formula is C13H13N3O5. The molecule has 1 aliphatic heterocycles. The quantitative estimate of drug-likeness (QED) is 0.706. The Hall–Kier alpha value is -2.90. The summed E-state index contributed by atoms with van der Waals surface area (Å²) in [4.78, 5) is 34.0. The van der Waals surface area contributed by atoms with Crippen molar-refractivity contribution in [3.8, 4) is 5.75 Å². The third kappa shape index (κ3) is 3.16. The van der Waals surface area contributed by atoms with Gasteiger partial charge in [-0.2, -0.15) is 5.10 Å². The van der Waals surface area contributed by atoms with Gasteiger partial charge in [-0.05, 0) is 18.2 Å². The number of phenolic OH excluding ortho intramolecular Hbond substituents is 1. The van der Waals surface area contributed by atoms with Crippen LogP contribution in [0.5, 0.6) is 5.75 Å². The number of nitrogens with one attached hydrogen (secondary N) is 1. The third-order valence-electron chi connectivity index (χ3n) is 2.96. The Morgan fingerprint density at radius 2 is 2.05 bits per heavy atom. The van der Waals surface area contributed by atoms with E-state index in [2.05, 4.69) is 10.4 Å². The third-order valence-corrected chi connectivity index (χ3v) is 2.96. The molecule has 1 aromatic rings. The molecule has 8 nitrogen and oxygen atoms in total. The molecule has 2 rings (SSSR count). The summed E-state index contributed by atoms with van der Waals surface area (Å²) in [5.74, 6) is -2.27. The minimum Gasteiger partial charge on any atom is -0.506 e. The second-order valence-corrected chi connectivity index (χ2v) is 4.46. The molecule has 0 aromatic heterocycles. The summed E-state index contributed by atoms with van der Waals surface area (Å²) in [6, 6.07) is 3.58. The van der Waals surface area contributed by atoms with Crippen LogP contribution in [-0.2, 0) is 9.59 Å². The average Bonchev–Trinajstić information content (AvgIpc) is 2.43. The number of carbonyl (C=O) groups is 3. The number of hydrogen-bond acceptors (Lipinski definition) is 5. The Labute approximate surface area is 119 Å². The first kappa shape index (κ1) is 14.5. The van der Waals surface area contributed by atoms with Gasteiger partial charge in [-0.3, -0.25) is 9.59 Å². The number of hydrazone groups is 1. The van der Waals surface area contributed by atoms with Crippen molar-refractivity contribution >= 4 is 29.2 Å². The van der Waals surface area contributed by atoms with E-state index in [0.29, 0.717) is 0 Å². The maximum absolute atomic E-state index is 12.0. The van der Waals surface area contributed by atoms with Crippen LogP contribution in [0.25, 0.3) is 0 Å². The molecule has 0 spiro atoms. The molecule has 3 N–H and O–H groups in total. The van der Waals surface area contributed by atoms with Crippen molar-refractivity contribution in [3.63, 3.8) is 0 Å². The van der Waals surface area contributed by atoms with Crippen molar-refractivity contribution in [3.05, 3.63) is 23.8 Å². The summed E-state index contributed by atoms with van der Waals surface area (Å²) in [6.07, 6.45) is 0.398. The molecule has 8 heteroatoms. The van der Waals surface area contributed by atoms with Gasteiger partial charge in [0.05, 0.1) is 11.3 Å². The van der Waals surface area contributed by atoms with Crippen LogP contribution in [0, 0.1) is 0 Å². The monoisotopic (exact) mass is 291 g/mol. The molecule has 0 saturated carbocycles. The Balaban J connectivity index is 2.15. The lowest BCUT2D eigenvalue weighted by molar-refractivity contribution is -0.130. The molecule has 1 heterocycles. The number of amides is 2. The topological polar surface area (TPSA) is 119 Å². The van der Waals surface area contributed by atoms with E-state index in [9.17, 15) is 19.5 Å². The van der Waals surface area contributed by atoms with Gasteiger partial charge in [0.15, 0.2) is 0 Å². The first-order valence-corrected chi connectivity index (χ1v) is 6.10. The van der Waals surface area contributed by atoms with Gasteiger partial charge in [0.1, 0.15) is 11.5 Å². The van der Waals surface area contributed by atoms with Crippen LogP contribution in [0.15, 0.2) is 23.3 Å². The SMILES string of the molecule is CN1N=C(C(=O)Nc2ccc(C(=O)O)cc2O)CCC1=O. The fraction of sp³-hybridized carbons (Fsp3) is 0.231. The van der Waals surface area contributed by atoms with E-state index >= 15 is 0 Å². The van der Waals surface area contributed by atoms with Gasteiger partial charge in [0, 0.05) is 19.9 Å². The number of aromatic carboxylic acids is 1. The highest BCUT2D eigenvalue weighted by Crippen LogP contribution is 2.24. The molecule has 110 valence electrons. The summed E-state index contributed by atoms with van der Waals surface area (Å²) in [7, 11) is 1.45. The number of nitrogens with zero attached hydrogens (tertiary/aromatic N) is 2. The molecule has 0 fully saturated rings. The van der Waals surface area contributed by atoms with Crippen molar-refractivity contribution in [2.45, 2.75) is 12.8 Å². The van der Waals surface area contributed by atoms with Gasteiger partial charge >= 0.3 is 5.97 Å². The fourth-order valence-electron chi connectivity index (χ4n) is 1.80. The maximum atomic E-state index is 12.0. The van der Waals surface area contributed by atoms with Crippen LogP contribution in [0.4, 0.5) is 5.69 Å². The highest BCUT2D eigenvalue weighted by atomic mass is 16.4. The van der Waals surface area contributed by atoms with Crippen LogP contribution < -0.4 is 5.32 Å². The molecule has 1 aliphatic rings. The zero-order valence-electron chi connectivity index (χ0n) is 11.2. The predicted octanol–water partition coefficient (Wildman–Crippen LogP) is 0.637. The van der Waals surface area contributed by atoms with E-state index in [0.717, 1.165) is 11.1 Å². The zero-order valence-corrected chi connectivity index (χ0v) is 11.2. The summed E-state index contributed by atoms with van der Waals surface area (Å²) in [5.41, 5.74) is 0.150. The van der Waals surface area contributed by atoms with E-state index in [4.69, 9.17) is 5.11 Å². The van der Waals surface area contributed by atoms with Crippen LogP contribution >= 0.6 is 0 Å². The number of rotatable bonds is 3. The maximum Gasteiger partial charge on any atom is 0.335 e. The van der Waals surface area contributed by atoms with E-state index in [1.54, 1.807) is 0 Å². The summed E-state index contributed by atoms with van der Waals surface area (Å²) < 4.78 is 0. The van der Waals surface area contributed by atoms with Crippen LogP contribution in [0.2, 0.25) is 0 Å². The number of anilines is 1. The number of benzene rings is 1. The molecule has 2 amide bonds. The molecule has 0 atom stereocenters. The number of hydrogen-bond donors (Lipinski definition) is 3. The van der Waals surface area contributed by atoms with Gasteiger partial charge in [0.25, 0.3) is 5.91 Å². The van der Waals surface area contributed by atoms with Gasteiger partial charge < -0.3 is 15.5 Å². The number of phenols is 1. The van der Waals surface area contributed by atoms with Crippen molar-refractivity contribution in [2.75, 3.05) is 12.4 Å². The molecule has 21 heavy (non-hydrogen) atoms. The summed E-state index contributed by atoms with van der Waals surface area (Å²) in [6.45, 7) is 0. The first-order chi connectivity index (χ1) is 9.88. The first-order valence-electron chi connectivity index (χ1n) is 6.10. The summed E-state index contributed by atoms with van der Waals surface area (Å²) >= 11 is 0. The van der Waals surface area contributed by atoms with Crippen molar-refractivity contribution in [1.82, 2.24) is 5.01 Å². The second-order valence-electron chi connectivity index (χ2n) is 4.46. The van der Waals surface area contributed by atoms with Gasteiger partial charge in [0.2, 0.25) is 5.91 Å². The number of carboxylic acid groups (broad SMARTS) is 1. The Morgan fingerprint density at radius 1 is 1.33 bits per heavy atom. The molecule has 0 aliphatic carbocycles. The minimum absolute atomic E-state index is 0.0762. The Bertz CT molecular complexity index is 653. The second kappa shape index (κ2) is 5.61. The summed E-state index contributed by atoms with van der Waals surface area (Å²) in [5, 5.41) is 25.9. The highest BCUT2D eigenvalue weighted by Gasteiger charge is 2.22. The average molecular weight is 291 g/mol. The van der Waals surface area contributed by atoms with E-state index < -0.39 is 11.9 Å². The van der Waals surface area contributed by atoms with Crippen molar-refractivity contribution < 1.29 is 24.6 Å². The molecule has 1 aromatic carbocycles. The van der Waals surface area contributed by atoms with Crippen molar-refractivity contribution in [1.29, 1.82) is 0 Å². The van der Waals surface area contributed by atoms with E-state index in [1.165, 1.54) is 19.2 Å².